The van der Waals surface area contributed by atoms with Crippen molar-refractivity contribution in [3.8, 4) is 0 Å². The SMILES string of the molecule is CC1CS(=O)(=O)CCN1Cc1cccc(F)c1Br. The van der Waals surface area contributed by atoms with Crippen molar-refractivity contribution in [2.75, 3.05) is 18.1 Å². The Kier molecular flexibility index (Phi) is 4.08. The molecule has 0 amide bonds. The molecule has 1 atom stereocenters. The van der Waals surface area contributed by atoms with Crippen LogP contribution < -0.4 is 0 Å². The van der Waals surface area contributed by atoms with Crippen LogP contribution in [0.25, 0.3) is 0 Å². The van der Waals surface area contributed by atoms with Gasteiger partial charge in [-0.3, -0.25) is 4.90 Å². The van der Waals surface area contributed by atoms with Gasteiger partial charge in [-0.25, -0.2) is 12.8 Å². The molecule has 0 aliphatic carbocycles. The highest BCUT2D eigenvalue weighted by Gasteiger charge is 2.28. The van der Waals surface area contributed by atoms with Crippen molar-refractivity contribution in [3.05, 3.63) is 34.1 Å². The van der Waals surface area contributed by atoms with Gasteiger partial charge in [0.2, 0.25) is 0 Å². The third-order valence-corrected chi connectivity index (χ3v) is 5.90. The molecule has 18 heavy (non-hydrogen) atoms. The summed E-state index contributed by atoms with van der Waals surface area (Å²) in [4.78, 5) is 2.07. The minimum atomic E-state index is -2.90. The van der Waals surface area contributed by atoms with Crippen molar-refractivity contribution in [1.29, 1.82) is 0 Å². The first-order chi connectivity index (χ1) is 8.39. The molecule has 0 N–H and O–H groups in total. The molecule has 2 rings (SSSR count). The third-order valence-electron chi connectivity index (χ3n) is 3.21. The first-order valence-corrected chi connectivity index (χ1v) is 8.38. The fourth-order valence-corrected chi connectivity index (χ4v) is 4.17. The van der Waals surface area contributed by atoms with E-state index in [4.69, 9.17) is 0 Å². The van der Waals surface area contributed by atoms with Gasteiger partial charge in [0, 0.05) is 19.1 Å². The molecule has 1 fully saturated rings. The molecule has 1 unspecified atom stereocenters. The molecule has 1 aliphatic rings. The van der Waals surface area contributed by atoms with E-state index in [1.807, 2.05) is 13.0 Å². The van der Waals surface area contributed by atoms with Crippen LogP contribution in [0.5, 0.6) is 0 Å². The maximum atomic E-state index is 13.4. The molecule has 1 heterocycles. The second kappa shape index (κ2) is 5.27. The van der Waals surface area contributed by atoms with Gasteiger partial charge in [-0.2, -0.15) is 0 Å². The molecule has 0 saturated carbocycles. The van der Waals surface area contributed by atoms with Crippen molar-refractivity contribution in [2.45, 2.75) is 19.5 Å². The van der Waals surface area contributed by atoms with Crippen LogP contribution in [0.4, 0.5) is 4.39 Å². The van der Waals surface area contributed by atoms with E-state index in [1.165, 1.54) is 6.07 Å². The van der Waals surface area contributed by atoms with Gasteiger partial charge in [0.25, 0.3) is 0 Å². The Morgan fingerprint density at radius 1 is 1.50 bits per heavy atom. The summed E-state index contributed by atoms with van der Waals surface area (Å²) < 4.78 is 36.8. The molecule has 100 valence electrons. The average molecular weight is 336 g/mol. The van der Waals surface area contributed by atoms with Gasteiger partial charge in [0.15, 0.2) is 9.84 Å². The van der Waals surface area contributed by atoms with E-state index in [1.54, 1.807) is 6.07 Å². The smallest absolute Gasteiger partial charge is 0.153 e. The van der Waals surface area contributed by atoms with Crippen molar-refractivity contribution < 1.29 is 12.8 Å². The van der Waals surface area contributed by atoms with E-state index >= 15 is 0 Å². The number of hydrogen-bond donors (Lipinski definition) is 0. The second-order valence-corrected chi connectivity index (χ2v) is 7.67. The van der Waals surface area contributed by atoms with E-state index in [-0.39, 0.29) is 23.4 Å². The van der Waals surface area contributed by atoms with Gasteiger partial charge in [0.05, 0.1) is 16.0 Å². The normalized spacial score (nSPS) is 24.1. The summed E-state index contributed by atoms with van der Waals surface area (Å²) in [5.41, 5.74) is 0.848. The van der Waals surface area contributed by atoms with Crippen molar-refractivity contribution in [1.82, 2.24) is 4.90 Å². The van der Waals surface area contributed by atoms with Crippen LogP contribution >= 0.6 is 15.9 Å². The lowest BCUT2D eigenvalue weighted by atomic mass is 10.2. The molecule has 1 aromatic carbocycles. The number of benzene rings is 1. The van der Waals surface area contributed by atoms with E-state index in [0.717, 1.165) is 5.56 Å². The largest absolute Gasteiger partial charge is 0.294 e. The molecule has 0 aromatic heterocycles. The van der Waals surface area contributed by atoms with Crippen LogP contribution in [0, 0.1) is 5.82 Å². The van der Waals surface area contributed by atoms with Gasteiger partial charge in [-0.1, -0.05) is 12.1 Å². The summed E-state index contributed by atoms with van der Waals surface area (Å²) in [5, 5.41) is 0. The number of sulfone groups is 1. The zero-order valence-corrected chi connectivity index (χ0v) is 12.5. The maximum Gasteiger partial charge on any atom is 0.153 e. The van der Waals surface area contributed by atoms with Crippen LogP contribution in [-0.4, -0.2) is 37.4 Å². The topological polar surface area (TPSA) is 37.4 Å². The highest BCUT2D eigenvalue weighted by Crippen LogP contribution is 2.23. The fraction of sp³-hybridized carbons (Fsp3) is 0.500. The Labute approximate surface area is 115 Å². The highest BCUT2D eigenvalue weighted by molar-refractivity contribution is 9.10. The van der Waals surface area contributed by atoms with Gasteiger partial charge in [-0.05, 0) is 34.5 Å². The Morgan fingerprint density at radius 2 is 2.22 bits per heavy atom. The Bertz CT molecular complexity index is 547. The van der Waals surface area contributed by atoms with Crippen LogP contribution in [0.1, 0.15) is 12.5 Å². The van der Waals surface area contributed by atoms with Crippen LogP contribution in [0.3, 0.4) is 0 Å². The predicted octanol–water partition coefficient (Wildman–Crippen LogP) is 2.21. The highest BCUT2D eigenvalue weighted by atomic mass is 79.9. The summed E-state index contributed by atoms with van der Waals surface area (Å²) in [6.07, 6.45) is 0. The molecule has 1 aliphatic heterocycles. The quantitative estimate of drug-likeness (QED) is 0.831. The molecule has 3 nitrogen and oxygen atoms in total. The lowest BCUT2D eigenvalue weighted by Gasteiger charge is -2.33. The molecule has 0 radical (unpaired) electrons. The van der Waals surface area contributed by atoms with E-state index < -0.39 is 9.84 Å². The molecular weight excluding hydrogens is 321 g/mol. The summed E-state index contributed by atoms with van der Waals surface area (Å²) >= 11 is 3.23. The molecule has 0 bridgehead atoms. The molecule has 6 heteroatoms. The molecule has 1 aromatic rings. The van der Waals surface area contributed by atoms with E-state index in [9.17, 15) is 12.8 Å². The van der Waals surface area contributed by atoms with Crippen molar-refractivity contribution in [2.24, 2.45) is 0 Å². The first-order valence-electron chi connectivity index (χ1n) is 5.76. The molecule has 0 spiro atoms. The minimum Gasteiger partial charge on any atom is -0.294 e. The number of rotatable bonds is 2. The fourth-order valence-electron chi connectivity index (χ4n) is 2.16. The Hall–Kier alpha value is -0.460. The van der Waals surface area contributed by atoms with Crippen molar-refractivity contribution >= 4 is 25.8 Å². The summed E-state index contributed by atoms with van der Waals surface area (Å²) in [7, 11) is -2.90. The van der Waals surface area contributed by atoms with Crippen LogP contribution in [0.2, 0.25) is 0 Å². The maximum absolute atomic E-state index is 13.4. The monoisotopic (exact) mass is 335 g/mol. The molecular formula is C12H15BrFNO2S. The lowest BCUT2D eigenvalue weighted by Crippen LogP contribution is -2.46. The lowest BCUT2D eigenvalue weighted by molar-refractivity contribution is 0.217. The first kappa shape index (κ1) is 14.0. The molecule has 1 saturated heterocycles. The summed E-state index contributed by atoms with van der Waals surface area (Å²) in [6, 6.07) is 4.89. The standard InChI is InChI=1S/C12H15BrFNO2S/c1-9-8-18(16,17)6-5-15(9)7-10-3-2-4-11(14)12(10)13/h2-4,9H,5-8H2,1H3. The zero-order chi connectivity index (χ0) is 13.3. The number of hydrogen-bond acceptors (Lipinski definition) is 3. The number of halogens is 2. The van der Waals surface area contributed by atoms with Crippen LogP contribution in [0.15, 0.2) is 22.7 Å². The van der Waals surface area contributed by atoms with Gasteiger partial charge in [-0.15, -0.1) is 0 Å². The Morgan fingerprint density at radius 3 is 2.89 bits per heavy atom. The van der Waals surface area contributed by atoms with Gasteiger partial charge in [0.1, 0.15) is 5.82 Å². The minimum absolute atomic E-state index is 0.0288. The second-order valence-electron chi connectivity index (χ2n) is 4.65. The van der Waals surface area contributed by atoms with Crippen LogP contribution in [-0.2, 0) is 16.4 Å². The third kappa shape index (κ3) is 3.10. The Balaban J connectivity index is 2.13. The van der Waals surface area contributed by atoms with E-state index in [2.05, 4.69) is 20.8 Å². The van der Waals surface area contributed by atoms with E-state index in [0.29, 0.717) is 17.6 Å². The summed E-state index contributed by atoms with van der Waals surface area (Å²) in [6.45, 7) is 2.96. The zero-order valence-electron chi connectivity index (χ0n) is 10.1. The van der Waals surface area contributed by atoms with Gasteiger partial charge >= 0.3 is 0 Å². The average Bonchev–Trinajstić information content (AvgIpc) is 2.27. The van der Waals surface area contributed by atoms with Gasteiger partial charge < -0.3 is 0 Å². The predicted molar refractivity (Wildman–Crippen MR) is 72.6 cm³/mol. The number of nitrogens with zero attached hydrogens (tertiary/aromatic N) is 1. The summed E-state index contributed by atoms with van der Waals surface area (Å²) in [5.74, 6) is 0.0781. The van der Waals surface area contributed by atoms with Crippen molar-refractivity contribution in [3.63, 3.8) is 0 Å².